The summed E-state index contributed by atoms with van der Waals surface area (Å²) in [6.45, 7) is 4.00. The smallest absolute Gasteiger partial charge is 0.320 e. The Kier molecular flexibility index (Phi) is 8.81. The summed E-state index contributed by atoms with van der Waals surface area (Å²) in [6.07, 6.45) is 0.0369. The van der Waals surface area contributed by atoms with Crippen LogP contribution in [0.3, 0.4) is 0 Å². The molecule has 2 aromatic carbocycles. The molecule has 1 aliphatic rings. The van der Waals surface area contributed by atoms with E-state index in [2.05, 4.69) is 0 Å². The monoisotopic (exact) mass is 457 g/mol. The first-order valence-corrected chi connectivity index (χ1v) is 10.5. The van der Waals surface area contributed by atoms with Crippen LogP contribution in [-0.4, -0.2) is 48.1 Å². The quantitative estimate of drug-likeness (QED) is 0.551. The first-order valence-electron chi connectivity index (χ1n) is 10.5. The number of benzene rings is 2. The van der Waals surface area contributed by atoms with Gasteiger partial charge in [0.2, 0.25) is 5.91 Å². The van der Waals surface area contributed by atoms with Gasteiger partial charge in [0, 0.05) is 12.1 Å². The molecule has 0 saturated carbocycles. The fraction of sp³-hybridized carbons (Fsp3) is 0.375. The van der Waals surface area contributed by atoms with Gasteiger partial charge >= 0.3 is 5.97 Å². The Balaban J connectivity index is 0.000000414. The molecule has 0 aliphatic carbocycles. The highest BCUT2D eigenvalue weighted by Gasteiger charge is 2.34. The highest BCUT2D eigenvalue weighted by molar-refractivity contribution is 5.98. The molecule has 0 spiro atoms. The minimum Gasteiger partial charge on any atom is -0.493 e. The number of aliphatic carboxylic acids is 1. The van der Waals surface area contributed by atoms with Crippen LogP contribution in [0.15, 0.2) is 42.5 Å². The van der Waals surface area contributed by atoms with Crippen molar-refractivity contribution in [3.63, 3.8) is 0 Å². The Morgan fingerprint density at radius 2 is 1.73 bits per heavy atom. The van der Waals surface area contributed by atoms with Gasteiger partial charge in [0.15, 0.2) is 11.5 Å². The molecule has 0 radical (unpaired) electrons. The third kappa shape index (κ3) is 6.23. The largest absolute Gasteiger partial charge is 0.493 e. The molecule has 5 N–H and O–H groups in total. The van der Waals surface area contributed by atoms with E-state index in [4.69, 9.17) is 26.0 Å². The van der Waals surface area contributed by atoms with Gasteiger partial charge in [0.1, 0.15) is 6.04 Å². The standard InChI is InChI=1S/C19H20N2O4.C5H11NO2/c1-24-16-8-7-12(9-17(16)25-2)15(10-18(20)22)21-11-13-5-3-4-6-14(13)19(21)23;1-3(2)4(6)5(7)8/h3-9,15H,10-11H2,1-2H3,(H2,20,22);3-4H,6H2,1-2H3,(H,7,8). The minimum absolute atomic E-state index is 0.0208. The van der Waals surface area contributed by atoms with Crippen molar-refractivity contribution in [2.75, 3.05) is 14.2 Å². The molecule has 9 heteroatoms. The van der Waals surface area contributed by atoms with Crippen molar-refractivity contribution in [3.05, 3.63) is 59.2 Å². The average Bonchev–Trinajstić information content (AvgIpc) is 3.13. The predicted octanol–water partition coefficient (Wildman–Crippen LogP) is 2.33. The molecule has 0 saturated heterocycles. The number of nitrogens with zero attached hydrogens (tertiary/aromatic N) is 1. The number of ether oxygens (including phenoxy) is 2. The number of rotatable bonds is 8. The Morgan fingerprint density at radius 1 is 1.09 bits per heavy atom. The molecule has 0 fully saturated rings. The van der Waals surface area contributed by atoms with E-state index < -0.39 is 24.0 Å². The summed E-state index contributed by atoms with van der Waals surface area (Å²) in [5, 5.41) is 8.23. The molecule has 2 aromatic rings. The normalized spacial score (nSPS) is 14.1. The first kappa shape index (κ1) is 25.7. The number of carboxylic acid groups (broad SMARTS) is 1. The van der Waals surface area contributed by atoms with Crippen LogP contribution in [0.1, 0.15) is 47.8 Å². The molecule has 9 nitrogen and oxygen atoms in total. The predicted molar refractivity (Wildman–Crippen MR) is 123 cm³/mol. The third-order valence-electron chi connectivity index (χ3n) is 5.42. The molecule has 0 bridgehead atoms. The summed E-state index contributed by atoms with van der Waals surface area (Å²) in [6, 6.07) is 11.6. The minimum atomic E-state index is -0.931. The van der Waals surface area contributed by atoms with Gasteiger partial charge in [-0.05, 0) is 35.2 Å². The van der Waals surface area contributed by atoms with Crippen LogP contribution in [0.2, 0.25) is 0 Å². The molecule has 0 aromatic heterocycles. The summed E-state index contributed by atoms with van der Waals surface area (Å²) >= 11 is 0. The summed E-state index contributed by atoms with van der Waals surface area (Å²) in [5.41, 5.74) is 13.0. The van der Waals surface area contributed by atoms with Crippen molar-refractivity contribution in [2.24, 2.45) is 17.4 Å². The fourth-order valence-electron chi connectivity index (χ4n) is 3.47. The van der Waals surface area contributed by atoms with Crippen LogP contribution >= 0.6 is 0 Å². The van der Waals surface area contributed by atoms with Crippen molar-refractivity contribution in [3.8, 4) is 11.5 Å². The zero-order valence-corrected chi connectivity index (χ0v) is 19.3. The van der Waals surface area contributed by atoms with Gasteiger partial charge < -0.3 is 30.9 Å². The number of nitrogens with two attached hydrogens (primary N) is 2. The van der Waals surface area contributed by atoms with Gasteiger partial charge in [-0.25, -0.2) is 0 Å². The van der Waals surface area contributed by atoms with Crippen molar-refractivity contribution >= 4 is 17.8 Å². The molecule has 2 atom stereocenters. The lowest BCUT2D eigenvalue weighted by Gasteiger charge is -2.28. The summed E-state index contributed by atoms with van der Waals surface area (Å²) in [7, 11) is 3.10. The summed E-state index contributed by atoms with van der Waals surface area (Å²) in [5.74, 6) is -0.355. The van der Waals surface area contributed by atoms with E-state index in [-0.39, 0.29) is 18.2 Å². The molecule has 178 valence electrons. The van der Waals surface area contributed by atoms with Crippen LogP contribution in [-0.2, 0) is 16.1 Å². The van der Waals surface area contributed by atoms with Gasteiger partial charge in [0.05, 0.1) is 26.7 Å². The average molecular weight is 458 g/mol. The lowest BCUT2D eigenvalue weighted by molar-refractivity contribution is -0.139. The SMILES string of the molecule is CC(C)C(N)C(=O)O.COc1ccc(C(CC(N)=O)N2Cc3ccccc3C2=O)cc1OC. The van der Waals surface area contributed by atoms with E-state index in [0.29, 0.717) is 23.6 Å². The molecule has 1 aliphatic heterocycles. The lowest BCUT2D eigenvalue weighted by atomic mass is 10.0. The molecule has 3 rings (SSSR count). The topological polar surface area (TPSA) is 145 Å². The number of amides is 2. The number of carboxylic acids is 1. The van der Waals surface area contributed by atoms with Crippen LogP contribution in [0.4, 0.5) is 0 Å². The number of carbonyl (C=O) groups is 3. The number of hydrogen-bond acceptors (Lipinski definition) is 6. The van der Waals surface area contributed by atoms with Gasteiger partial charge in [-0.1, -0.05) is 38.1 Å². The van der Waals surface area contributed by atoms with E-state index in [1.54, 1.807) is 51.2 Å². The molecule has 2 amide bonds. The number of primary amides is 1. The molecular formula is C24H31N3O6. The van der Waals surface area contributed by atoms with Crippen LogP contribution in [0.25, 0.3) is 0 Å². The maximum atomic E-state index is 12.8. The van der Waals surface area contributed by atoms with Gasteiger partial charge in [-0.2, -0.15) is 0 Å². The Morgan fingerprint density at radius 3 is 2.21 bits per heavy atom. The van der Waals surface area contributed by atoms with Gasteiger partial charge in [-0.15, -0.1) is 0 Å². The Bertz CT molecular complexity index is 1010. The van der Waals surface area contributed by atoms with E-state index >= 15 is 0 Å². The fourth-order valence-corrected chi connectivity index (χ4v) is 3.47. The number of hydrogen-bond donors (Lipinski definition) is 3. The van der Waals surface area contributed by atoms with Crippen LogP contribution in [0.5, 0.6) is 11.5 Å². The van der Waals surface area contributed by atoms with Crippen molar-refractivity contribution in [1.82, 2.24) is 4.90 Å². The second kappa shape index (κ2) is 11.3. The number of carbonyl (C=O) groups excluding carboxylic acids is 2. The van der Waals surface area contributed by atoms with Gasteiger partial charge in [0.25, 0.3) is 5.91 Å². The van der Waals surface area contributed by atoms with Crippen molar-refractivity contribution < 1.29 is 29.0 Å². The number of fused-ring (bicyclic) bond motifs is 1. The van der Waals surface area contributed by atoms with E-state index in [1.807, 2.05) is 24.3 Å². The second-order valence-electron chi connectivity index (χ2n) is 8.00. The summed E-state index contributed by atoms with van der Waals surface area (Å²) < 4.78 is 10.6. The van der Waals surface area contributed by atoms with E-state index in [1.165, 1.54) is 0 Å². The Hall–Kier alpha value is -3.59. The van der Waals surface area contributed by atoms with Crippen LogP contribution in [0, 0.1) is 5.92 Å². The maximum absolute atomic E-state index is 12.8. The first-order chi connectivity index (χ1) is 15.6. The zero-order chi connectivity index (χ0) is 24.7. The molecule has 33 heavy (non-hydrogen) atoms. The lowest BCUT2D eigenvalue weighted by Crippen LogP contribution is -2.34. The maximum Gasteiger partial charge on any atom is 0.320 e. The molecular weight excluding hydrogens is 426 g/mol. The van der Waals surface area contributed by atoms with E-state index in [0.717, 1.165) is 11.1 Å². The molecule has 2 unspecified atom stereocenters. The third-order valence-corrected chi connectivity index (χ3v) is 5.42. The molecule has 1 heterocycles. The van der Waals surface area contributed by atoms with Crippen molar-refractivity contribution in [2.45, 2.75) is 38.9 Å². The van der Waals surface area contributed by atoms with Gasteiger partial charge in [-0.3, -0.25) is 14.4 Å². The second-order valence-corrected chi connectivity index (χ2v) is 8.00. The summed E-state index contributed by atoms with van der Waals surface area (Å²) in [4.78, 5) is 36.1. The Labute approximate surface area is 193 Å². The number of methoxy groups -OCH3 is 2. The highest BCUT2D eigenvalue weighted by Crippen LogP contribution is 2.37. The van der Waals surface area contributed by atoms with Crippen molar-refractivity contribution in [1.29, 1.82) is 0 Å². The highest BCUT2D eigenvalue weighted by atomic mass is 16.5. The van der Waals surface area contributed by atoms with E-state index in [9.17, 15) is 14.4 Å². The van der Waals surface area contributed by atoms with Crippen LogP contribution < -0.4 is 20.9 Å². The zero-order valence-electron chi connectivity index (χ0n) is 19.3.